The Bertz CT molecular complexity index is 652. The summed E-state index contributed by atoms with van der Waals surface area (Å²) in [5.74, 6) is -2.00. The van der Waals surface area contributed by atoms with Crippen LogP contribution in [0.5, 0.6) is 5.75 Å². The number of phenols is 1. The van der Waals surface area contributed by atoms with Gasteiger partial charge in [-0.1, -0.05) is 0 Å². The van der Waals surface area contributed by atoms with Gasteiger partial charge in [0.25, 0.3) is 0 Å². The van der Waals surface area contributed by atoms with Crippen molar-refractivity contribution in [2.45, 2.75) is 13.8 Å². The molecule has 1 N–H and O–H groups in total. The van der Waals surface area contributed by atoms with Gasteiger partial charge in [-0.25, -0.2) is 0 Å². The lowest BCUT2D eigenvalue weighted by atomic mass is 9.87. The number of phenolic OH excluding ortho intramolecular Hbond substituents is 1. The van der Waals surface area contributed by atoms with E-state index in [4.69, 9.17) is 4.74 Å². The summed E-state index contributed by atoms with van der Waals surface area (Å²) in [5, 5.41) is 10.1. The van der Waals surface area contributed by atoms with Crippen molar-refractivity contribution in [2.24, 2.45) is 0 Å². The minimum Gasteiger partial charge on any atom is -0.506 e. The Morgan fingerprint density at radius 2 is 1.95 bits per heavy atom. The van der Waals surface area contributed by atoms with Crippen LogP contribution >= 0.6 is 0 Å². The molecule has 1 aliphatic carbocycles. The summed E-state index contributed by atoms with van der Waals surface area (Å²) in [4.78, 5) is 35.5. The molecule has 0 atom stereocenters. The van der Waals surface area contributed by atoms with E-state index in [1.807, 2.05) is 0 Å². The van der Waals surface area contributed by atoms with E-state index in [-0.39, 0.29) is 28.2 Å². The fraction of sp³-hybridized carbons (Fsp3) is 0.214. The summed E-state index contributed by atoms with van der Waals surface area (Å²) in [6, 6.07) is 1.44. The van der Waals surface area contributed by atoms with Crippen molar-refractivity contribution in [3.63, 3.8) is 0 Å². The van der Waals surface area contributed by atoms with Crippen molar-refractivity contribution in [3.05, 3.63) is 40.2 Å². The molecule has 0 saturated heterocycles. The maximum atomic E-state index is 12.1. The number of carbonyl (C=O) groups is 3. The highest BCUT2D eigenvalue weighted by Crippen LogP contribution is 2.34. The van der Waals surface area contributed by atoms with Crippen LogP contribution in [0.1, 0.15) is 43.6 Å². The number of ketones is 3. The van der Waals surface area contributed by atoms with Gasteiger partial charge in [0.1, 0.15) is 5.75 Å². The first-order valence-corrected chi connectivity index (χ1v) is 5.60. The number of aromatic hydroxyl groups is 1. The Hall–Kier alpha value is -2.43. The van der Waals surface area contributed by atoms with Crippen molar-refractivity contribution in [2.75, 3.05) is 7.11 Å². The Kier molecular flexibility index (Phi) is 2.98. The summed E-state index contributed by atoms with van der Waals surface area (Å²) >= 11 is 0. The number of aryl methyl sites for hydroxylation is 1. The van der Waals surface area contributed by atoms with Crippen LogP contribution in [0.3, 0.4) is 0 Å². The van der Waals surface area contributed by atoms with Crippen molar-refractivity contribution in [1.29, 1.82) is 0 Å². The fourth-order valence-electron chi connectivity index (χ4n) is 2.21. The van der Waals surface area contributed by atoms with E-state index in [0.29, 0.717) is 5.56 Å². The molecular weight excluding hydrogens is 248 g/mol. The highest BCUT2D eigenvalue weighted by atomic mass is 16.5. The number of hydrogen-bond acceptors (Lipinski definition) is 5. The fourth-order valence-corrected chi connectivity index (χ4v) is 2.21. The molecule has 19 heavy (non-hydrogen) atoms. The quantitative estimate of drug-likeness (QED) is 0.820. The van der Waals surface area contributed by atoms with Gasteiger partial charge in [-0.3, -0.25) is 14.4 Å². The van der Waals surface area contributed by atoms with Gasteiger partial charge in [-0.05, 0) is 25.5 Å². The number of ether oxygens (including phenoxy) is 1. The first-order valence-electron chi connectivity index (χ1n) is 5.60. The monoisotopic (exact) mass is 260 g/mol. The molecule has 0 aliphatic heterocycles. The van der Waals surface area contributed by atoms with Crippen LogP contribution in [0.2, 0.25) is 0 Å². The smallest absolute Gasteiger partial charge is 0.232 e. The van der Waals surface area contributed by atoms with Crippen LogP contribution in [0.25, 0.3) is 0 Å². The summed E-state index contributed by atoms with van der Waals surface area (Å²) in [6.45, 7) is 2.89. The van der Waals surface area contributed by atoms with E-state index >= 15 is 0 Å². The van der Waals surface area contributed by atoms with Gasteiger partial charge in [0.05, 0.1) is 18.2 Å². The molecule has 5 nitrogen and oxygen atoms in total. The lowest BCUT2D eigenvalue weighted by Crippen LogP contribution is -2.20. The molecule has 0 amide bonds. The van der Waals surface area contributed by atoms with E-state index in [0.717, 1.165) is 6.08 Å². The van der Waals surface area contributed by atoms with Crippen molar-refractivity contribution in [3.8, 4) is 5.75 Å². The minimum absolute atomic E-state index is 0.0530. The van der Waals surface area contributed by atoms with Crippen LogP contribution < -0.4 is 0 Å². The van der Waals surface area contributed by atoms with E-state index in [9.17, 15) is 19.5 Å². The van der Waals surface area contributed by atoms with Crippen LogP contribution in [0.4, 0.5) is 0 Å². The van der Waals surface area contributed by atoms with E-state index in [1.165, 1.54) is 20.1 Å². The van der Waals surface area contributed by atoms with E-state index in [1.54, 1.807) is 6.92 Å². The molecule has 0 bridgehead atoms. The third kappa shape index (κ3) is 1.83. The second-order valence-electron chi connectivity index (χ2n) is 4.30. The molecule has 0 aromatic heterocycles. The van der Waals surface area contributed by atoms with Gasteiger partial charge in [0, 0.05) is 11.6 Å². The van der Waals surface area contributed by atoms with Crippen molar-refractivity contribution >= 4 is 17.3 Å². The molecule has 0 fully saturated rings. The summed E-state index contributed by atoms with van der Waals surface area (Å²) in [7, 11) is 1.26. The van der Waals surface area contributed by atoms with Gasteiger partial charge in [-0.2, -0.15) is 0 Å². The Balaban J connectivity index is 2.81. The highest BCUT2D eigenvalue weighted by molar-refractivity contribution is 6.26. The van der Waals surface area contributed by atoms with Gasteiger partial charge in [-0.15, -0.1) is 0 Å². The Labute approximate surface area is 109 Å². The van der Waals surface area contributed by atoms with Gasteiger partial charge >= 0.3 is 0 Å². The molecule has 2 rings (SSSR count). The number of rotatable bonds is 2. The standard InChI is InChI=1S/C14H12O5/c1-6-4-8-9(16)5-10(19-3)13(17)12(8)14(18)11(6)7(2)15/h4-5,18H,1-3H3. The van der Waals surface area contributed by atoms with Crippen LogP contribution in [-0.2, 0) is 4.74 Å². The average Bonchev–Trinajstić information content (AvgIpc) is 2.32. The highest BCUT2D eigenvalue weighted by Gasteiger charge is 2.32. The van der Waals surface area contributed by atoms with Crippen LogP contribution in [-0.4, -0.2) is 29.6 Å². The second kappa shape index (κ2) is 4.35. The first-order chi connectivity index (χ1) is 8.88. The van der Waals surface area contributed by atoms with Crippen LogP contribution in [0, 0.1) is 6.92 Å². The summed E-state index contributed by atoms with van der Waals surface area (Å²) in [6.07, 6.45) is 1.08. The first kappa shape index (κ1) is 13.0. The molecule has 0 unspecified atom stereocenters. The number of fused-ring (bicyclic) bond motifs is 1. The van der Waals surface area contributed by atoms with Crippen LogP contribution in [0.15, 0.2) is 17.9 Å². The zero-order chi connectivity index (χ0) is 14.3. The predicted molar refractivity (Wildman–Crippen MR) is 66.6 cm³/mol. The maximum absolute atomic E-state index is 12.1. The van der Waals surface area contributed by atoms with Crippen molar-refractivity contribution in [1.82, 2.24) is 0 Å². The third-order valence-corrected chi connectivity index (χ3v) is 3.05. The molecule has 1 aromatic rings. The molecule has 0 heterocycles. The molecule has 1 aromatic carbocycles. The molecular formula is C14H12O5. The number of carbonyl (C=O) groups excluding carboxylic acids is 3. The maximum Gasteiger partial charge on any atom is 0.232 e. The summed E-state index contributed by atoms with van der Waals surface area (Å²) < 4.78 is 4.81. The Morgan fingerprint density at radius 1 is 1.32 bits per heavy atom. The zero-order valence-corrected chi connectivity index (χ0v) is 10.7. The molecule has 5 heteroatoms. The number of benzene rings is 1. The van der Waals surface area contributed by atoms with E-state index in [2.05, 4.69) is 0 Å². The summed E-state index contributed by atoms with van der Waals surface area (Å²) in [5.41, 5.74) is 0.433. The van der Waals surface area contributed by atoms with Gasteiger partial charge in [0.2, 0.25) is 5.78 Å². The third-order valence-electron chi connectivity index (χ3n) is 3.05. The minimum atomic E-state index is -0.600. The number of methoxy groups -OCH3 is 1. The topological polar surface area (TPSA) is 80.7 Å². The lowest BCUT2D eigenvalue weighted by molar-refractivity contribution is 0.0913. The average molecular weight is 260 g/mol. The molecule has 1 aliphatic rings. The lowest BCUT2D eigenvalue weighted by Gasteiger charge is -2.18. The van der Waals surface area contributed by atoms with Crippen molar-refractivity contribution < 1.29 is 24.2 Å². The second-order valence-corrected chi connectivity index (χ2v) is 4.30. The number of hydrogen-bond donors (Lipinski definition) is 1. The number of allylic oxidation sites excluding steroid dienone is 2. The molecule has 0 spiro atoms. The normalized spacial score (nSPS) is 13.9. The SMILES string of the molecule is COC1=CC(=O)c2cc(C)c(C(C)=O)c(O)c2C1=O. The molecule has 98 valence electrons. The van der Waals surface area contributed by atoms with Gasteiger partial charge < -0.3 is 9.84 Å². The van der Waals surface area contributed by atoms with Gasteiger partial charge in [0.15, 0.2) is 17.3 Å². The zero-order valence-electron chi connectivity index (χ0n) is 10.7. The van der Waals surface area contributed by atoms with E-state index < -0.39 is 17.3 Å². The molecule has 0 radical (unpaired) electrons. The largest absolute Gasteiger partial charge is 0.506 e. The molecule has 0 saturated carbocycles. The number of Topliss-reactive ketones (excluding diaryl/α,β-unsaturated/α-hetero) is 2. The Morgan fingerprint density at radius 3 is 2.47 bits per heavy atom. The predicted octanol–water partition coefficient (Wildman–Crippen LogP) is 1.81.